The lowest BCUT2D eigenvalue weighted by molar-refractivity contribution is -0.385. The molecule has 1 aliphatic carbocycles. The van der Waals surface area contributed by atoms with E-state index in [4.69, 9.17) is 9.47 Å². The number of nitrogens with one attached hydrogen (secondary N) is 1. The lowest BCUT2D eigenvalue weighted by Gasteiger charge is -2.35. The Hall–Kier alpha value is -5.18. The number of aryl methyl sites for hydroxylation is 2. The van der Waals surface area contributed by atoms with Crippen LogP contribution in [-0.4, -0.2) is 34.7 Å². The first-order chi connectivity index (χ1) is 21.0. The zero-order chi connectivity index (χ0) is 31.6. The lowest BCUT2D eigenvalue weighted by Crippen LogP contribution is -2.53. The summed E-state index contributed by atoms with van der Waals surface area (Å²) in [5, 5.41) is 24.4. The first kappa shape index (κ1) is 30.3. The lowest BCUT2D eigenvalue weighted by atomic mass is 9.75. The van der Waals surface area contributed by atoms with Crippen molar-refractivity contribution in [3.05, 3.63) is 128 Å². The summed E-state index contributed by atoms with van der Waals surface area (Å²) in [6.45, 7) is 7.09. The average molecular weight is 595 g/mol. The maximum Gasteiger partial charge on any atom is 0.407 e. The molecule has 1 unspecified atom stereocenters. The number of aliphatic carboxylic acids is 1. The summed E-state index contributed by atoms with van der Waals surface area (Å²) in [6.07, 6.45) is -0.848. The van der Waals surface area contributed by atoms with Gasteiger partial charge >= 0.3 is 12.1 Å². The topological polar surface area (TPSA) is 128 Å². The molecule has 0 spiro atoms. The highest BCUT2D eigenvalue weighted by atomic mass is 16.6. The Balaban J connectivity index is 1.37. The van der Waals surface area contributed by atoms with Gasteiger partial charge in [0.2, 0.25) is 0 Å². The molecule has 0 saturated heterocycles. The second-order valence-corrected chi connectivity index (χ2v) is 11.6. The van der Waals surface area contributed by atoms with Crippen molar-refractivity contribution >= 4 is 17.7 Å². The molecule has 9 heteroatoms. The van der Waals surface area contributed by atoms with Crippen LogP contribution in [0.5, 0.6) is 5.75 Å². The number of hydrogen-bond donors (Lipinski definition) is 2. The van der Waals surface area contributed by atoms with Gasteiger partial charge in [-0.1, -0.05) is 80.6 Å². The smallest absolute Gasteiger partial charge is 0.407 e. The van der Waals surface area contributed by atoms with Crippen molar-refractivity contribution in [2.24, 2.45) is 0 Å². The van der Waals surface area contributed by atoms with E-state index in [-0.39, 0.29) is 24.8 Å². The van der Waals surface area contributed by atoms with Crippen molar-refractivity contribution in [1.29, 1.82) is 0 Å². The number of rotatable bonds is 10. The second kappa shape index (κ2) is 12.2. The predicted octanol–water partition coefficient (Wildman–Crippen LogP) is 7.06. The minimum atomic E-state index is -1.38. The van der Waals surface area contributed by atoms with Gasteiger partial charge in [0.15, 0.2) is 0 Å². The zero-order valence-electron chi connectivity index (χ0n) is 25.0. The number of nitro benzene ring substituents is 1. The number of alkyl carbamates (subject to hydrolysis) is 1. The molecule has 0 aromatic heterocycles. The number of carbonyl (C=O) groups excluding carboxylic acids is 1. The number of para-hydroxylation sites is 1. The van der Waals surface area contributed by atoms with Gasteiger partial charge in [-0.2, -0.15) is 0 Å². The number of benzene rings is 4. The molecule has 0 heterocycles. The molecule has 0 bridgehead atoms. The van der Waals surface area contributed by atoms with Gasteiger partial charge in [-0.05, 0) is 59.4 Å². The van der Waals surface area contributed by atoms with E-state index in [0.717, 1.165) is 33.4 Å². The van der Waals surface area contributed by atoms with Crippen LogP contribution >= 0.6 is 0 Å². The van der Waals surface area contributed by atoms with Crippen LogP contribution in [-0.2, 0) is 21.6 Å². The summed E-state index contributed by atoms with van der Waals surface area (Å²) in [7, 11) is 0. The third-order valence-electron chi connectivity index (χ3n) is 8.23. The Labute approximate surface area is 255 Å². The Morgan fingerprint density at radius 3 is 2.16 bits per heavy atom. The number of carboxylic acids is 1. The second-order valence-electron chi connectivity index (χ2n) is 11.6. The summed E-state index contributed by atoms with van der Waals surface area (Å²) in [5.41, 5.74) is 5.60. The van der Waals surface area contributed by atoms with Crippen molar-refractivity contribution < 1.29 is 29.1 Å². The van der Waals surface area contributed by atoms with Gasteiger partial charge in [0.05, 0.1) is 10.5 Å². The summed E-state index contributed by atoms with van der Waals surface area (Å²) in [5.74, 6) is -1.04. The average Bonchev–Trinajstić information content (AvgIpc) is 3.30. The molecule has 0 aliphatic heterocycles. The molecule has 4 aromatic carbocycles. The van der Waals surface area contributed by atoms with Crippen LogP contribution in [0.15, 0.2) is 84.9 Å². The van der Waals surface area contributed by atoms with Gasteiger partial charge in [-0.25, -0.2) is 9.59 Å². The molecule has 0 fully saturated rings. The first-order valence-electron chi connectivity index (χ1n) is 14.3. The molecule has 226 valence electrons. The van der Waals surface area contributed by atoms with E-state index in [1.807, 2.05) is 68.4 Å². The molecule has 2 N–H and O–H groups in total. The largest absolute Gasteiger partial charge is 0.488 e. The van der Waals surface area contributed by atoms with Crippen LogP contribution in [0.3, 0.4) is 0 Å². The summed E-state index contributed by atoms with van der Waals surface area (Å²) < 4.78 is 11.8. The normalized spacial score (nSPS) is 13.0. The molecule has 1 aliphatic rings. The molecule has 0 saturated carbocycles. The number of carbonyl (C=O) groups is 2. The maximum absolute atomic E-state index is 13.2. The van der Waals surface area contributed by atoms with Crippen LogP contribution in [0, 0.1) is 24.0 Å². The van der Waals surface area contributed by atoms with Crippen molar-refractivity contribution in [3.8, 4) is 16.9 Å². The highest BCUT2D eigenvalue weighted by molar-refractivity contribution is 5.83. The first-order valence-corrected chi connectivity index (χ1v) is 14.3. The number of amides is 1. The summed E-state index contributed by atoms with van der Waals surface area (Å²) >= 11 is 0. The van der Waals surface area contributed by atoms with E-state index in [1.54, 1.807) is 38.1 Å². The fourth-order valence-corrected chi connectivity index (χ4v) is 6.29. The molecule has 1 amide bonds. The SMILES string of the molecule is Cc1cc(C)c(C(C)(C)C(NC(=O)OCC2c3ccccc3-c3ccccc32)C(=O)O)c(OCc2ccccc2[N+](=O)[O-])c1. The van der Waals surface area contributed by atoms with Crippen molar-refractivity contribution in [2.75, 3.05) is 6.61 Å². The number of nitrogens with zero attached hydrogens (tertiary/aromatic N) is 1. The van der Waals surface area contributed by atoms with E-state index in [0.29, 0.717) is 16.9 Å². The van der Waals surface area contributed by atoms with E-state index in [9.17, 15) is 24.8 Å². The number of ether oxygens (including phenoxy) is 2. The third kappa shape index (κ3) is 5.86. The molecule has 0 radical (unpaired) electrons. The van der Waals surface area contributed by atoms with Crippen molar-refractivity contribution in [3.63, 3.8) is 0 Å². The zero-order valence-corrected chi connectivity index (χ0v) is 25.0. The van der Waals surface area contributed by atoms with Gasteiger partial charge in [0.1, 0.15) is 25.0 Å². The van der Waals surface area contributed by atoms with Crippen molar-refractivity contribution in [2.45, 2.75) is 51.7 Å². The van der Waals surface area contributed by atoms with Crippen LogP contribution in [0.25, 0.3) is 11.1 Å². The predicted molar refractivity (Wildman–Crippen MR) is 166 cm³/mol. The van der Waals surface area contributed by atoms with E-state index < -0.39 is 28.4 Å². The highest BCUT2D eigenvalue weighted by Crippen LogP contribution is 2.44. The van der Waals surface area contributed by atoms with E-state index in [2.05, 4.69) is 5.32 Å². The Morgan fingerprint density at radius 1 is 0.955 bits per heavy atom. The van der Waals surface area contributed by atoms with Gasteiger partial charge in [0, 0.05) is 23.0 Å². The molecular formula is C35H34N2O7. The Bertz CT molecular complexity index is 1700. The quantitative estimate of drug-likeness (QED) is 0.149. The fraction of sp³-hybridized carbons (Fsp3) is 0.257. The van der Waals surface area contributed by atoms with Crippen LogP contribution in [0.2, 0.25) is 0 Å². The minimum absolute atomic E-state index is 0.0421. The standard InChI is InChI=1S/C35H34N2O7/c1-21-17-22(2)31(30(18-21)43-19-23-11-5-10-16-29(23)37(41)42)35(3,4)32(33(38)39)36-34(40)44-20-28-26-14-8-6-12-24(26)25-13-7-9-15-27(25)28/h5-18,28,32H,19-20H2,1-4H3,(H,36,40)(H,38,39). The highest BCUT2D eigenvalue weighted by Gasteiger charge is 2.42. The van der Waals surface area contributed by atoms with Gasteiger partial charge < -0.3 is 19.9 Å². The Kier molecular flexibility index (Phi) is 8.40. The Morgan fingerprint density at radius 2 is 1.55 bits per heavy atom. The number of nitro groups is 1. The fourth-order valence-electron chi connectivity index (χ4n) is 6.29. The number of fused-ring (bicyclic) bond motifs is 3. The molecular weight excluding hydrogens is 560 g/mol. The maximum atomic E-state index is 13.2. The van der Waals surface area contributed by atoms with Gasteiger partial charge in [-0.15, -0.1) is 0 Å². The van der Waals surface area contributed by atoms with E-state index >= 15 is 0 Å². The van der Waals surface area contributed by atoms with Crippen LogP contribution in [0.4, 0.5) is 10.5 Å². The third-order valence-corrected chi connectivity index (χ3v) is 8.23. The van der Waals surface area contributed by atoms with E-state index in [1.165, 1.54) is 6.07 Å². The molecule has 9 nitrogen and oxygen atoms in total. The van der Waals surface area contributed by atoms with Gasteiger partial charge in [-0.3, -0.25) is 10.1 Å². The molecule has 1 atom stereocenters. The molecule has 5 rings (SSSR count). The van der Waals surface area contributed by atoms with Crippen LogP contribution in [0.1, 0.15) is 53.1 Å². The monoisotopic (exact) mass is 594 g/mol. The van der Waals surface area contributed by atoms with Crippen molar-refractivity contribution in [1.82, 2.24) is 5.32 Å². The number of hydrogen-bond acceptors (Lipinski definition) is 6. The summed E-state index contributed by atoms with van der Waals surface area (Å²) in [6, 6.07) is 24.5. The molecule has 44 heavy (non-hydrogen) atoms. The number of carboxylic acid groups (broad SMARTS) is 1. The minimum Gasteiger partial charge on any atom is -0.488 e. The van der Waals surface area contributed by atoms with Crippen LogP contribution < -0.4 is 10.1 Å². The van der Waals surface area contributed by atoms with Gasteiger partial charge in [0.25, 0.3) is 5.69 Å². The molecule has 4 aromatic rings. The summed E-state index contributed by atoms with van der Waals surface area (Å²) in [4.78, 5) is 36.9.